The summed E-state index contributed by atoms with van der Waals surface area (Å²) in [5, 5.41) is 0. The van der Waals surface area contributed by atoms with E-state index in [4.69, 9.17) is 9.97 Å². The van der Waals surface area contributed by atoms with E-state index < -0.39 is 0 Å². The Morgan fingerprint density at radius 2 is 1.26 bits per heavy atom. The van der Waals surface area contributed by atoms with Crippen molar-refractivity contribution < 1.29 is 0 Å². The molecule has 0 amide bonds. The van der Waals surface area contributed by atoms with Crippen molar-refractivity contribution in [1.82, 2.24) is 9.97 Å². The van der Waals surface area contributed by atoms with Crippen molar-refractivity contribution in [2.75, 3.05) is 0 Å². The number of hydrogen-bond acceptors (Lipinski definition) is 2. The highest BCUT2D eigenvalue weighted by atomic mass is 14.9. The molecule has 0 spiro atoms. The third-order valence-electron chi connectivity index (χ3n) is 12.7. The monoisotopic (exact) mass is 744 g/mol. The molecule has 5 aromatic carbocycles. The molecule has 0 saturated carbocycles. The maximum atomic E-state index is 5.80. The molecule has 0 bridgehead atoms. The largest absolute Gasteiger partial charge is 0.227 e. The van der Waals surface area contributed by atoms with E-state index in [1.165, 1.54) is 61.2 Å². The van der Waals surface area contributed by atoms with Crippen LogP contribution in [0.2, 0.25) is 0 Å². The van der Waals surface area contributed by atoms with Crippen LogP contribution in [0.25, 0.3) is 68.8 Å². The van der Waals surface area contributed by atoms with E-state index in [1.54, 1.807) is 0 Å². The van der Waals surface area contributed by atoms with Gasteiger partial charge in [-0.25, -0.2) is 9.97 Å². The minimum absolute atomic E-state index is 0.195. The summed E-state index contributed by atoms with van der Waals surface area (Å²) in [7, 11) is 0. The molecule has 0 N–H and O–H groups in total. The van der Waals surface area contributed by atoms with Gasteiger partial charge in [0.25, 0.3) is 0 Å². The molecular weight excluding hydrogens is 701 g/mol. The normalized spacial score (nSPS) is 18.5. The van der Waals surface area contributed by atoms with Gasteiger partial charge in [0.2, 0.25) is 0 Å². The quantitative estimate of drug-likeness (QED) is 0.170. The van der Waals surface area contributed by atoms with Crippen LogP contribution in [-0.4, -0.2) is 9.97 Å². The van der Waals surface area contributed by atoms with Crippen molar-refractivity contribution in [1.29, 1.82) is 0 Å². The lowest BCUT2D eigenvalue weighted by Crippen LogP contribution is -2.15. The fourth-order valence-electron chi connectivity index (χ4n) is 9.84. The Balaban J connectivity index is 1.19. The first kappa shape index (κ1) is 34.6. The lowest BCUT2D eigenvalue weighted by molar-refractivity contribution is 0.670. The number of benzene rings is 5. The van der Waals surface area contributed by atoms with Gasteiger partial charge in [0.15, 0.2) is 5.82 Å². The molecule has 2 atom stereocenters. The number of aryl methyl sites for hydroxylation is 2. The van der Waals surface area contributed by atoms with Gasteiger partial charge in [-0.1, -0.05) is 164 Å². The molecule has 5 aliphatic carbocycles. The Bertz CT molecular complexity index is 2820. The van der Waals surface area contributed by atoms with E-state index in [0.29, 0.717) is 0 Å². The number of fused-ring (bicyclic) bond motifs is 5. The molecule has 0 aliphatic heterocycles. The van der Waals surface area contributed by atoms with E-state index in [2.05, 4.69) is 182 Å². The molecule has 0 saturated heterocycles. The van der Waals surface area contributed by atoms with E-state index in [-0.39, 0.29) is 11.8 Å². The minimum atomic E-state index is 0.195. The van der Waals surface area contributed by atoms with Crippen molar-refractivity contribution in [3.63, 3.8) is 0 Å². The van der Waals surface area contributed by atoms with Crippen LogP contribution in [0.3, 0.4) is 0 Å². The van der Waals surface area contributed by atoms with Gasteiger partial charge >= 0.3 is 0 Å². The maximum absolute atomic E-state index is 5.80. The number of hydrogen-bond donors (Lipinski definition) is 0. The second kappa shape index (κ2) is 14.7. The lowest BCUT2D eigenvalue weighted by atomic mass is 9.75. The first-order valence-electron chi connectivity index (χ1n) is 21.0. The molecule has 278 valence electrons. The molecule has 58 heavy (non-hydrogen) atoms. The topological polar surface area (TPSA) is 25.8 Å². The maximum Gasteiger partial charge on any atom is 0.160 e. The molecule has 1 aromatic heterocycles. The second-order valence-electron chi connectivity index (χ2n) is 16.2. The van der Waals surface area contributed by atoms with Crippen LogP contribution in [0.5, 0.6) is 0 Å². The zero-order valence-corrected chi connectivity index (χ0v) is 32.6. The summed E-state index contributed by atoms with van der Waals surface area (Å²) in [6.45, 7) is 0. The van der Waals surface area contributed by atoms with Gasteiger partial charge in [0, 0.05) is 34.1 Å². The van der Waals surface area contributed by atoms with Crippen LogP contribution < -0.4 is 0 Å². The highest BCUT2D eigenvalue weighted by Gasteiger charge is 2.29. The van der Waals surface area contributed by atoms with Crippen molar-refractivity contribution in [2.24, 2.45) is 5.92 Å². The van der Waals surface area contributed by atoms with Crippen LogP contribution in [0.4, 0.5) is 0 Å². The predicted octanol–water partition coefficient (Wildman–Crippen LogP) is 13.9. The molecule has 6 aromatic rings. The fourth-order valence-corrected chi connectivity index (χ4v) is 9.84. The van der Waals surface area contributed by atoms with Gasteiger partial charge in [-0.15, -0.1) is 0 Å². The standard InChI is InChI=1S/C56H44N2/c1-3-18-39(19-4-1)53-54(40-20-5-2-6-21-40)57-56(58-55(53)52-36-43-23-10-12-26-48(43)50-27-13-14-28-51(50)52)46-34-44(42-31-30-37-16-7-8-22-41(37)32-42)33-45(35-46)49-29-15-24-38-17-9-11-25-47(38)49/h1-9,11-13,15-22,24-27,29,32-36,47,49H,10,14,23,28,30-31H2. The zero-order chi connectivity index (χ0) is 38.4. The molecule has 11 rings (SSSR count). The molecule has 5 aliphatic rings. The van der Waals surface area contributed by atoms with Crippen LogP contribution in [0.15, 0.2) is 169 Å². The van der Waals surface area contributed by atoms with E-state index in [9.17, 15) is 0 Å². The SMILES string of the molecule is C1=CC2=CC=CC(c3cc(C4=Cc5ccccc5CC4)cc(-c4nc(-c5ccccc5)c(-c5ccccc5)c(-c5cc6c(c7c5CCC=C7)C=CCC6)n4)c3)C2C=C1. The van der Waals surface area contributed by atoms with Crippen LogP contribution in [0.1, 0.15) is 69.7 Å². The van der Waals surface area contributed by atoms with E-state index in [1.807, 2.05) is 0 Å². The Morgan fingerprint density at radius 1 is 0.517 bits per heavy atom. The van der Waals surface area contributed by atoms with Crippen molar-refractivity contribution >= 4 is 23.8 Å². The molecule has 2 unspecified atom stereocenters. The third kappa shape index (κ3) is 6.21. The molecule has 1 heterocycles. The summed E-state index contributed by atoms with van der Waals surface area (Å²) in [5.74, 6) is 1.24. The second-order valence-corrected chi connectivity index (χ2v) is 16.2. The number of allylic oxidation sites excluding steroid dienone is 11. The average molecular weight is 745 g/mol. The summed E-state index contributed by atoms with van der Waals surface area (Å²) in [6.07, 6.45) is 33.8. The molecular formula is C56H44N2. The first-order valence-corrected chi connectivity index (χ1v) is 21.0. The fraction of sp³-hybridized carbons (Fsp3) is 0.143. The van der Waals surface area contributed by atoms with Gasteiger partial charge in [0.1, 0.15) is 0 Å². The van der Waals surface area contributed by atoms with Crippen LogP contribution >= 0.6 is 0 Å². The van der Waals surface area contributed by atoms with Gasteiger partial charge in [0.05, 0.1) is 11.4 Å². The molecule has 0 radical (unpaired) electrons. The Hall–Kier alpha value is -6.64. The van der Waals surface area contributed by atoms with Crippen LogP contribution in [-0.2, 0) is 19.3 Å². The number of aromatic nitrogens is 2. The predicted molar refractivity (Wildman–Crippen MR) is 243 cm³/mol. The molecule has 0 fully saturated rings. The zero-order valence-electron chi connectivity index (χ0n) is 32.6. The summed E-state index contributed by atoms with van der Waals surface area (Å²) < 4.78 is 0. The first-order chi connectivity index (χ1) is 28.7. The van der Waals surface area contributed by atoms with E-state index >= 15 is 0 Å². The summed E-state index contributed by atoms with van der Waals surface area (Å²) in [4.78, 5) is 11.5. The lowest BCUT2D eigenvalue weighted by Gasteiger charge is -2.29. The Morgan fingerprint density at radius 3 is 2.14 bits per heavy atom. The van der Waals surface area contributed by atoms with Crippen LogP contribution in [0, 0.1) is 5.92 Å². The third-order valence-corrected chi connectivity index (χ3v) is 12.7. The Kier molecular flexibility index (Phi) is 8.77. The van der Waals surface area contributed by atoms with Crippen molar-refractivity contribution in [3.05, 3.63) is 214 Å². The molecule has 2 nitrogen and oxygen atoms in total. The van der Waals surface area contributed by atoms with Gasteiger partial charge in [-0.2, -0.15) is 0 Å². The van der Waals surface area contributed by atoms with Crippen molar-refractivity contribution in [2.45, 2.75) is 44.4 Å². The minimum Gasteiger partial charge on any atom is -0.227 e. The highest BCUT2D eigenvalue weighted by molar-refractivity contribution is 5.95. The van der Waals surface area contributed by atoms with E-state index in [0.717, 1.165) is 78.0 Å². The van der Waals surface area contributed by atoms with Gasteiger partial charge < -0.3 is 0 Å². The summed E-state index contributed by atoms with van der Waals surface area (Å²) >= 11 is 0. The number of rotatable bonds is 6. The number of nitrogens with zero attached hydrogens (tertiary/aromatic N) is 2. The summed E-state index contributed by atoms with van der Waals surface area (Å²) in [6, 6.07) is 40.1. The highest BCUT2D eigenvalue weighted by Crippen LogP contribution is 2.46. The Labute approximate surface area is 341 Å². The van der Waals surface area contributed by atoms with Gasteiger partial charge in [-0.05, 0) is 118 Å². The molecule has 2 heteroatoms. The average Bonchev–Trinajstić information content (AvgIpc) is 3.31. The smallest absolute Gasteiger partial charge is 0.160 e. The van der Waals surface area contributed by atoms with Crippen molar-refractivity contribution in [3.8, 4) is 45.0 Å². The summed E-state index contributed by atoms with van der Waals surface area (Å²) in [5.41, 5.74) is 21.1. The van der Waals surface area contributed by atoms with Gasteiger partial charge in [-0.3, -0.25) is 0 Å².